The molecule has 0 aliphatic carbocycles. The predicted molar refractivity (Wildman–Crippen MR) is 111 cm³/mol. The lowest BCUT2D eigenvalue weighted by molar-refractivity contribution is -0.0498. The number of aromatic nitrogens is 3. The molecule has 2 aromatic carbocycles. The van der Waals surface area contributed by atoms with E-state index in [0.29, 0.717) is 22.2 Å². The normalized spacial score (nSPS) is 10.9. The molecule has 0 saturated heterocycles. The maximum Gasteiger partial charge on any atom is 0.387 e. The van der Waals surface area contributed by atoms with Gasteiger partial charge in [0, 0.05) is 16.5 Å². The number of benzene rings is 2. The molecular formula is C21H16F2N4O2S. The molecule has 9 heteroatoms. The van der Waals surface area contributed by atoms with Crippen LogP contribution in [0.2, 0.25) is 0 Å². The summed E-state index contributed by atoms with van der Waals surface area (Å²) in [5, 5.41) is 11.8. The molecule has 2 heterocycles. The van der Waals surface area contributed by atoms with Crippen molar-refractivity contribution in [3.63, 3.8) is 0 Å². The maximum atomic E-state index is 12.5. The summed E-state index contributed by atoms with van der Waals surface area (Å²) in [7, 11) is 0. The van der Waals surface area contributed by atoms with Gasteiger partial charge >= 0.3 is 6.61 Å². The zero-order chi connectivity index (χ0) is 21.1. The molecule has 0 spiro atoms. The van der Waals surface area contributed by atoms with Gasteiger partial charge in [0.1, 0.15) is 11.4 Å². The number of aromatic amines is 1. The highest BCUT2D eigenvalue weighted by Crippen LogP contribution is 2.27. The molecule has 0 aliphatic rings. The molecule has 0 aliphatic heterocycles. The van der Waals surface area contributed by atoms with Crippen LogP contribution in [0.5, 0.6) is 5.75 Å². The average Bonchev–Trinajstić information content (AvgIpc) is 3.39. The van der Waals surface area contributed by atoms with Crippen molar-refractivity contribution >= 4 is 22.4 Å². The Morgan fingerprint density at radius 2 is 1.73 bits per heavy atom. The fourth-order valence-corrected chi connectivity index (χ4v) is 3.46. The zero-order valence-electron chi connectivity index (χ0n) is 15.7. The number of alkyl halides is 2. The summed E-state index contributed by atoms with van der Waals surface area (Å²) in [6.45, 7) is -0.868. The summed E-state index contributed by atoms with van der Waals surface area (Å²) in [5.74, 6) is -0.288. The summed E-state index contributed by atoms with van der Waals surface area (Å²) in [6, 6.07) is 15.7. The number of anilines is 1. The van der Waals surface area contributed by atoms with E-state index in [0.717, 1.165) is 16.7 Å². The summed E-state index contributed by atoms with van der Waals surface area (Å²) < 4.78 is 28.8. The number of rotatable bonds is 6. The smallest absolute Gasteiger partial charge is 0.387 e. The van der Waals surface area contributed by atoms with E-state index in [2.05, 4.69) is 25.2 Å². The van der Waals surface area contributed by atoms with Crippen LogP contribution in [0.25, 0.3) is 22.5 Å². The van der Waals surface area contributed by atoms with Gasteiger partial charge in [0.2, 0.25) is 0 Å². The number of carbonyl (C=O) groups is 1. The number of nitrogens with one attached hydrogen (secondary N) is 2. The van der Waals surface area contributed by atoms with Crippen molar-refractivity contribution in [1.29, 1.82) is 0 Å². The molecule has 30 heavy (non-hydrogen) atoms. The van der Waals surface area contributed by atoms with Crippen molar-refractivity contribution in [2.45, 2.75) is 13.5 Å². The molecule has 0 bridgehead atoms. The fraction of sp³-hybridized carbons (Fsp3) is 0.0952. The number of ether oxygens (including phenoxy) is 1. The van der Waals surface area contributed by atoms with Gasteiger partial charge in [-0.25, -0.2) is 4.98 Å². The van der Waals surface area contributed by atoms with Gasteiger partial charge in [-0.1, -0.05) is 29.8 Å². The number of carbonyl (C=O) groups excluding carboxylic acids is 1. The first-order valence-electron chi connectivity index (χ1n) is 8.92. The highest BCUT2D eigenvalue weighted by molar-refractivity contribution is 7.14. The van der Waals surface area contributed by atoms with Crippen molar-refractivity contribution in [3.8, 4) is 28.3 Å². The molecule has 4 rings (SSSR count). The second-order valence-electron chi connectivity index (χ2n) is 6.43. The van der Waals surface area contributed by atoms with Gasteiger partial charge < -0.3 is 4.74 Å². The Labute approximate surface area is 174 Å². The number of hydrogen-bond donors (Lipinski definition) is 2. The van der Waals surface area contributed by atoms with Crippen LogP contribution in [0.1, 0.15) is 16.1 Å². The average molecular weight is 426 g/mol. The van der Waals surface area contributed by atoms with Crippen LogP contribution < -0.4 is 10.1 Å². The molecule has 6 nitrogen and oxygen atoms in total. The molecule has 0 fully saturated rings. The van der Waals surface area contributed by atoms with Crippen LogP contribution >= 0.6 is 11.3 Å². The second kappa shape index (κ2) is 8.42. The Morgan fingerprint density at radius 3 is 2.43 bits per heavy atom. The molecule has 2 aromatic heterocycles. The number of hydrogen-bond acceptors (Lipinski definition) is 5. The van der Waals surface area contributed by atoms with E-state index >= 15 is 0 Å². The van der Waals surface area contributed by atoms with Crippen molar-refractivity contribution < 1.29 is 18.3 Å². The third kappa shape index (κ3) is 4.52. The highest BCUT2D eigenvalue weighted by atomic mass is 32.1. The Bertz CT molecular complexity index is 1150. The lowest BCUT2D eigenvalue weighted by atomic mass is 10.1. The standard InChI is InChI=1S/C21H16F2N4O2S/c1-12-2-4-13(5-3-12)16-10-17(27-26-16)19(28)25-21-24-18(11-30-21)14-6-8-15(9-7-14)29-20(22)23/h2-11,20H,1H3,(H,26,27)(H,24,25,28). The SMILES string of the molecule is Cc1ccc(-c2cc(C(=O)Nc3nc(-c4ccc(OC(F)F)cc4)cs3)[nH]n2)cc1. The summed E-state index contributed by atoms with van der Waals surface area (Å²) in [5.41, 5.74) is 4.37. The number of amides is 1. The van der Waals surface area contributed by atoms with Crippen LogP contribution in [-0.2, 0) is 0 Å². The minimum Gasteiger partial charge on any atom is -0.435 e. The summed E-state index contributed by atoms with van der Waals surface area (Å²) >= 11 is 1.26. The van der Waals surface area contributed by atoms with Gasteiger partial charge in [-0.3, -0.25) is 15.2 Å². The molecule has 1 amide bonds. The largest absolute Gasteiger partial charge is 0.435 e. The van der Waals surface area contributed by atoms with Crippen LogP contribution in [-0.4, -0.2) is 27.7 Å². The molecule has 0 atom stereocenters. The van der Waals surface area contributed by atoms with Crippen molar-refractivity contribution in [1.82, 2.24) is 15.2 Å². The Hall–Kier alpha value is -3.59. The van der Waals surface area contributed by atoms with Crippen molar-refractivity contribution in [3.05, 3.63) is 71.2 Å². The van der Waals surface area contributed by atoms with E-state index in [9.17, 15) is 13.6 Å². The molecule has 0 saturated carbocycles. The maximum absolute atomic E-state index is 12.5. The van der Waals surface area contributed by atoms with Gasteiger partial charge in [-0.15, -0.1) is 11.3 Å². The first-order valence-corrected chi connectivity index (χ1v) is 9.80. The minimum absolute atomic E-state index is 0.0705. The van der Waals surface area contributed by atoms with E-state index in [1.807, 2.05) is 31.2 Å². The topological polar surface area (TPSA) is 79.9 Å². The Balaban J connectivity index is 1.43. The minimum atomic E-state index is -2.87. The van der Waals surface area contributed by atoms with E-state index in [4.69, 9.17) is 0 Å². The molecule has 0 radical (unpaired) electrons. The van der Waals surface area contributed by atoms with Gasteiger partial charge in [0.25, 0.3) is 5.91 Å². The fourth-order valence-electron chi connectivity index (χ4n) is 2.75. The number of halogens is 2. The van der Waals surface area contributed by atoms with Crippen LogP contribution in [0.15, 0.2) is 60.0 Å². The van der Waals surface area contributed by atoms with Crippen LogP contribution in [0.4, 0.5) is 13.9 Å². The van der Waals surface area contributed by atoms with E-state index in [1.54, 1.807) is 23.6 Å². The van der Waals surface area contributed by atoms with Gasteiger partial charge in [0.15, 0.2) is 5.13 Å². The van der Waals surface area contributed by atoms with Gasteiger partial charge in [-0.2, -0.15) is 13.9 Å². The third-order valence-electron chi connectivity index (χ3n) is 4.27. The predicted octanol–water partition coefficient (Wildman–Crippen LogP) is 5.36. The second-order valence-corrected chi connectivity index (χ2v) is 7.29. The number of thiazole rings is 1. The van der Waals surface area contributed by atoms with Crippen LogP contribution in [0, 0.1) is 6.92 Å². The first-order chi connectivity index (χ1) is 14.5. The lowest BCUT2D eigenvalue weighted by Crippen LogP contribution is -2.12. The van der Waals surface area contributed by atoms with E-state index in [-0.39, 0.29) is 11.7 Å². The number of H-pyrrole nitrogens is 1. The zero-order valence-corrected chi connectivity index (χ0v) is 16.5. The summed E-state index contributed by atoms with van der Waals surface area (Å²) in [4.78, 5) is 16.9. The molecule has 2 N–H and O–H groups in total. The summed E-state index contributed by atoms with van der Waals surface area (Å²) in [6.07, 6.45) is 0. The highest BCUT2D eigenvalue weighted by Gasteiger charge is 2.14. The monoisotopic (exact) mass is 426 g/mol. The quantitative estimate of drug-likeness (QED) is 0.435. The Kier molecular flexibility index (Phi) is 5.53. The third-order valence-corrected chi connectivity index (χ3v) is 5.03. The molecule has 4 aromatic rings. The first kappa shape index (κ1) is 19.7. The van der Waals surface area contributed by atoms with Crippen molar-refractivity contribution in [2.75, 3.05) is 5.32 Å². The molecular weight excluding hydrogens is 410 g/mol. The lowest BCUT2D eigenvalue weighted by Gasteiger charge is -2.04. The molecule has 0 unspecified atom stereocenters. The number of nitrogens with zero attached hydrogens (tertiary/aromatic N) is 2. The van der Waals surface area contributed by atoms with Crippen molar-refractivity contribution in [2.24, 2.45) is 0 Å². The van der Waals surface area contributed by atoms with E-state index in [1.165, 1.54) is 23.5 Å². The van der Waals surface area contributed by atoms with Gasteiger partial charge in [-0.05, 0) is 37.3 Å². The van der Waals surface area contributed by atoms with Crippen LogP contribution in [0.3, 0.4) is 0 Å². The molecule has 152 valence electrons. The van der Waals surface area contributed by atoms with E-state index < -0.39 is 6.61 Å². The Morgan fingerprint density at radius 1 is 1.07 bits per heavy atom. The number of aryl methyl sites for hydroxylation is 1. The van der Waals surface area contributed by atoms with Gasteiger partial charge in [0.05, 0.1) is 11.4 Å².